The van der Waals surface area contributed by atoms with Crippen LogP contribution in [0.25, 0.3) is 0 Å². The van der Waals surface area contributed by atoms with Crippen molar-refractivity contribution in [3.63, 3.8) is 0 Å². The van der Waals surface area contributed by atoms with Gasteiger partial charge in [0.25, 0.3) is 5.91 Å². The lowest BCUT2D eigenvalue weighted by Gasteiger charge is -2.20. The van der Waals surface area contributed by atoms with Crippen LogP contribution in [0.1, 0.15) is 0 Å². The fourth-order valence-corrected chi connectivity index (χ4v) is 1.99. The number of halogens is 2. The number of carbonyl (C=O) groups is 1. The number of rotatable bonds is 7. The standard InChI is InChI=1S/C14H15Cl2N3O3/c15-11-2-1-3-12(13(11)16)18-9-10(8-17)14(22)19(4-6-20)5-7-21/h1-3,9,18,20-21H,4-7H2/b10-9-. The molecule has 0 atom stereocenters. The molecule has 0 fully saturated rings. The molecule has 0 aliphatic carbocycles. The third-order valence-electron chi connectivity index (χ3n) is 2.70. The van der Waals surface area contributed by atoms with Crippen molar-refractivity contribution in [3.05, 3.63) is 40.0 Å². The predicted molar refractivity (Wildman–Crippen MR) is 84.5 cm³/mol. The van der Waals surface area contributed by atoms with Crippen molar-refractivity contribution in [3.8, 4) is 6.07 Å². The van der Waals surface area contributed by atoms with E-state index in [-0.39, 0.29) is 36.9 Å². The van der Waals surface area contributed by atoms with Crippen LogP contribution in [0.5, 0.6) is 0 Å². The van der Waals surface area contributed by atoms with Gasteiger partial charge in [0, 0.05) is 19.3 Å². The maximum absolute atomic E-state index is 12.1. The number of amides is 1. The minimum Gasteiger partial charge on any atom is -0.395 e. The van der Waals surface area contributed by atoms with Crippen LogP contribution in [0.2, 0.25) is 10.0 Å². The second-order valence-corrected chi connectivity index (χ2v) is 4.94. The number of nitrogens with zero attached hydrogens (tertiary/aromatic N) is 2. The molecule has 6 nitrogen and oxygen atoms in total. The molecular formula is C14H15Cl2N3O3. The molecule has 1 rings (SSSR count). The molecule has 0 heterocycles. The van der Waals surface area contributed by atoms with Gasteiger partial charge in [-0.05, 0) is 12.1 Å². The molecule has 0 aliphatic rings. The molecule has 0 spiro atoms. The first-order valence-corrected chi connectivity index (χ1v) is 7.12. The zero-order valence-electron chi connectivity index (χ0n) is 11.6. The summed E-state index contributed by atoms with van der Waals surface area (Å²) in [6, 6.07) is 6.69. The molecule has 1 aromatic rings. The van der Waals surface area contributed by atoms with Crippen molar-refractivity contribution in [1.29, 1.82) is 5.26 Å². The van der Waals surface area contributed by atoms with Crippen molar-refractivity contribution in [1.82, 2.24) is 4.90 Å². The minimum atomic E-state index is -0.601. The van der Waals surface area contributed by atoms with Crippen LogP contribution >= 0.6 is 23.2 Å². The highest BCUT2D eigenvalue weighted by molar-refractivity contribution is 6.43. The van der Waals surface area contributed by atoms with Gasteiger partial charge in [0.05, 0.1) is 28.9 Å². The van der Waals surface area contributed by atoms with Gasteiger partial charge in [0.15, 0.2) is 0 Å². The highest BCUT2D eigenvalue weighted by Gasteiger charge is 2.17. The number of anilines is 1. The molecule has 3 N–H and O–H groups in total. The van der Waals surface area contributed by atoms with Crippen LogP contribution in [-0.2, 0) is 4.79 Å². The van der Waals surface area contributed by atoms with Crippen LogP contribution in [0.3, 0.4) is 0 Å². The predicted octanol–water partition coefficient (Wildman–Crippen LogP) is 1.63. The molecule has 0 bridgehead atoms. The highest BCUT2D eigenvalue weighted by atomic mass is 35.5. The zero-order chi connectivity index (χ0) is 16.5. The Hall–Kier alpha value is -1.78. The number of benzene rings is 1. The SMILES string of the molecule is N#C/C(=C/Nc1cccc(Cl)c1Cl)C(=O)N(CCO)CCO. The lowest BCUT2D eigenvalue weighted by atomic mass is 10.2. The maximum atomic E-state index is 12.1. The van der Waals surface area contributed by atoms with E-state index in [1.807, 2.05) is 0 Å². The molecule has 118 valence electrons. The Labute approximate surface area is 138 Å². The zero-order valence-corrected chi connectivity index (χ0v) is 13.1. The fourth-order valence-electron chi connectivity index (χ4n) is 1.63. The molecule has 22 heavy (non-hydrogen) atoms. The van der Waals surface area contributed by atoms with E-state index in [1.165, 1.54) is 11.1 Å². The molecule has 0 unspecified atom stereocenters. The largest absolute Gasteiger partial charge is 0.395 e. The summed E-state index contributed by atoms with van der Waals surface area (Å²) in [6.45, 7) is -0.483. The van der Waals surface area contributed by atoms with E-state index < -0.39 is 5.91 Å². The molecule has 8 heteroatoms. The van der Waals surface area contributed by atoms with Crippen LogP contribution in [0.4, 0.5) is 5.69 Å². The summed E-state index contributed by atoms with van der Waals surface area (Å²) < 4.78 is 0. The topological polar surface area (TPSA) is 96.6 Å². The van der Waals surface area contributed by atoms with Gasteiger partial charge in [-0.15, -0.1) is 0 Å². The van der Waals surface area contributed by atoms with Gasteiger partial charge >= 0.3 is 0 Å². The monoisotopic (exact) mass is 343 g/mol. The molecule has 1 aromatic carbocycles. The lowest BCUT2D eigenvalue weighted by Crippen LogP contribution is -2.36. The summed E-state index contributed by atoms with van der Waals surface area (Å²) in [5, 5.41) is 30.3. The van der Waals surface area contributed by atoms with Crippen LogP contribution in [-0.4, -0.2) is 47.3 Å². The third-order valence-corrected chi connectivity index (χ3v) is 3.52. The number of carbonyl (C=O) groups excluding carboxylic acids is 1. The number of hydrogen-bond acceptors (Lipinski definition) is 5. The van der Waals surface area contributed by atoms with E-state index in [0.717, 1.165) is 0 Å². The second kappa shape index (κ2) is 9.28. The highest BCUT2D eigenvalue weighted by Crippen LogP contribution is 2.29. The van der Waals surface area contributed by atoms with E-state index in [1.54, 1.807) is 24.3 Å². The normalized spacial score (nSPS) is 11.0. The number of nitriles is 1. The van der Waals surface area contributed by atoms with Gasteiger partial charge in [-0.25, -0.2) is 0 Å². The summed E-state index contributed by atoms with van der Waals surface area (Å²) in [5.41, 5.74) is 0.267. The Morgan fingerprint density at radius 2 is 1.95 bits per heavy atom. The van der Waals surface area contributed by atoms with Crippen LogP contribution in [0.15, 0.2) is 30.0 Å². The van der Waals surface area contributed by atoms with Crippen molar-refractivity contribution in [2.24, 2.45) is 0 Å². The summed E-state index contributed by atoms with van der Waals surface area (Å²) in [7, 11) is 0. The number of aliphatic hydroxyl groups is 2. The van der Waals surface area contributed by atoms with Crippen molar-refractivity contribution >= 4 is 34.8 Å². The first kappa shape index (κ1) is 18.3. The van der Waals surface area contributed by atoms with Crippen molar-refractivity contribution in [2.45, 2.75) is 0 Å². The summed E-state index contributed by atoms with van der Waals surface area (Å²) >= 11 is 11.9. The Morgan fingerprint density at radius 1 is 1.32 bits per heavy atom. The number of nitrogens with one attached hydrogen (secondary N) is 1. The second-order valence-electron chi connectivity index (χ2n) is 4.15. The van der Waals surface area contributed by atoms with Gasteiger partial charge in [-0.2, -0.15) is 5.26 Å². The van der Waals surface area contributed by atoms with E-state index in [2.05, 4.69) is 5.32 Å². The molecule has 0 aliphatic heterocycles. The fraction of sp³-hybridized carbons (Fsp3) is 0.286. The summed E-state index contributed by atoms with van der Waals surface area (Å²) in [5.74, 6) is -0.601. The molecule has 0 aromatic heterocycles. The average molecular weight is 344 g/mol. The van der Waals surface area contributed by atoms with Crippen LogP contribution in [0, 0.1) is 11.3 Å². The minimum absolute atomic E-state index is 0.0241. The first-order chi connectivity index (χ1) is 10.5. The van der Waals surface area contributed by atoms with Crippen molar-refractivity contribution in [2.75, 3.05) is 31.6 Å². The molecule has 0 radical (unpaired) electrons. The molecule has 0 saturated heterocycles. The quantitative estimate of drug-likeness (QED) is 0.516. The van der Waals surface area contributed by atoms with Gasteiger partial charge < -0.3 is 20.4 Å². The Morgan fingerprint density at radius 3 is 2.50 bits per heavy atom. The molecule has 0 saturated carbocycles. The summed E-state index contributed by atoms with van der Waals surface area (Å²) in [4.78, 5) is 13.3. The summed E-state index contributed by atoms with van der Waals surface area (Å²) in [6.07, 6.45) is 1.21. The van der Waals surface area contributed by atoms with Crippen LogP contribution < -0.4 is 5.32 Å². The van der Waals surface area contributed by atoms with E-state index in [4.69, 9.17) is 38.7 Å². The number of aliphatic hydroxyl groups excluding tert-OH is 2. The van der Waals surface area contributed by atoms with E-state index in [9.17, 15) is 4.79 Å². The van der Waals surface area contributed by atoms with Gasteiger partial charge in [-0.1, -0.05) is 29.3 Å². The van der Waals surface area contributed by atoms with Gasteiger partial charge in [0.2, 0.25) is 0 Å². The average Bonchev–Trinajstić information content (AvgIpc) is 2.51. The lowest BCUT2D eigenvalue weighted by molar-refractivity contribution is -0.127. The molecular weight excluding hydrogens is 329 g/mol. The Kier molecular flexibility index (Phi) is 7.71. The van der Waals surface area contributed by atoms with Gasteiger partial charge in [0.1, 0.15) is 11.6 Å². The Bertz CT molecular complexity index is 593. The third kappa shape index (κ3) is 4.90. The molecule has 1 amide bonds. The number of hydrogen-bond donors (Lipinski definition) is 3. The first-order valence-electron chi connectivity index (χ1n) is 6.37. The Balaban J connectivity index is 2.92. The van der Waals surface area contributed by atoms with E-state index in [0.29, 0.717) is 10.7 Å². The smallest absolute Gasteiger partial charge is 0.266 e. The maximum Gasteiger partial charge on any atom is 0.266 e. The van der Waals surface area contributed by atoms with E-state index >= 15 is 0 Å². The van der Waals surface area contributed by atoms with Gasteiger partial charge in [-0.3, -0.25) is 4.79 Å². The van der Waals surface area contributed by atoms with Crippen molar-refractivity contribution < 1.29 is 15.0 Å².